The van der Waals surface area contributed by atoms with E-state index in [9.17, 15) is 4.79 Å². The summed E-state index contributed by atoms with van der Waals surface area (Å²) in [7, 11) is 1.62. The van der Waals surface area contributed by atoms with Crippen LogP contribution in [0.1, 0.15) is 25.3 Å². The minimum atomic E-state index is 0.00731. The standard InChI is InChI=1S/C14H20BrNO3/c1-10(7-8-17)16-14(18)6-4-11-3-5-13(19-2)12(15)9-11/h3,5,9-10,17H,4,6-8H2,1-2H3,(H,16,18). The highest BCUT2D eigenvalue weighted by molar-refractivity contribution is 9.10. The number of benzene rings is 1. The number of aliphatic hydroxyl groups is 1. The fraction of sp³-hybridized carbons (Fsp3) is 0.500. The van der Waals surface area contributed by atoms with Crippen LogP contribution in [0.3, 0.4) is 0 Å². The number of amides is 1. The van der Waals surface area contributed by atoms with Crippen molar-refractivity contribution in [3.63, 3.8) is 0 Å². The van der Waals surface area contributed by atoms with Gasteiger partial charge in [-0.1, -0.05) is 6.07 Å². The highest BCUT2D eigenvalue weighted by atomic mass is 79.9. The highest BCUT2D eigenvalue weighted by Crippen LogP contribution is 2.25. The van der Waals surface area contributed by atoms with Gasteiger partial charge in [0.25, 0.3) is 0 Å². The minimum Gasteiger partial charge on any atom is -0.496 e. The lowest BCUT2D eigenvalue weighted by Crippen LogP contribution is -2.33. The lowest BCUT2D eigenvalue weighted by atomic mass is 10.1. The van der Waals surface area contributed by atoms with Crippen LogP contribution in [0, 0.1) is 0 Å². The molecule has 1 amide bonds. The van der Waals surface area contributed by atoms with Crippen LogP contribution in [0.25, 0.3) is 0 Å². The number of ether oxygens (including phenoxy) is 1. The number of nitrogens with one attached hydrogen (secondary N) is 1. The molecule has 5 heteroatoms. The molecule has 1 aromatic rings. The van der Waals surface area contributed by atoms with Gasteiger partial charge in [0.2, 0.25) is 5.91 Å². The SMILES string of the molecule is COc1ccc(CCC(=O)NC(C)CCO)cc1Br. The summed E-state index contributed by atoms with van der Waals surface area (Å²) >= 11 is 3.42. The number of carbonyl (C=O) groups is 1. The summed E-state index contributed by atoms with van der Waals surface area (Å²) in [5.74, 6) is 0.790. The molecule has 0 aliphatic heterocycles. The number of halogens is 1. The average Bonchev–Trinajstić information content (AvgIpc) is 2.36. The summed E-state index contributed by atoms with van der Waals surface area (Å²) in [6.07, 6.45) is 1.70. The zero-order valence-electron chi connectivity index (χ0n) is 11.3. The Morgan fingerprint density at radius 3 is 2.84 bits per heavy atom. The van der Waals surface area contributed by atoms with Crippen molar-refractivity contribution in [2.45, 2.75) is 32.2 Å². The molecule has 0 saturated carbocycles. The van der Waals surface area contributed by atoms with E-state index in [2.05, 4.69) is 21.2 Å². The molecule has 1 aromatic carbocycles. The van der Waals surface area contributed by atoms with E-state index in [1.807, 2.05) is 25.1 Å². The van der Waals surface area contributed by atoms with Gasteiger partial charge in [0, 0.05) is 19.1 Å². The summed E-state index contributed by atoms with van der Waals surface area (Å²) in [6.45, 7) is 1.98. The number of aryl methyl sites for hydroxylation is 1. The van der Waals surface area contributed by atoms with Crippen LogP contribution in [-0.2, 0) is 11.2 Å². The van der Waals surface area contributed by atoms with E-state index in [4.69, 9.17) is 9.84 Å². The molecule has 4 nitrogen and oxygen atoms in total. The lowest BCUT2D eigenvalue weighted by Gasteiger charge is -2.12. The van der Waals surface area contributed by atoms with Gasteiger partial charge in [-0.15, -0.1) is 0 Å². The van der Waals surface area contributed by atoms with Crippen LogP contribution in [0.4, 0.5) is 0 Å². The number of rotatable bonds is 7. The molecule has 106 valence electrons. The van der Waals surface area contributed by atoms with Gasteiger partial charge < -0.3 is 15.2 Å². The molecule has 0 bridgehead atoms. The summed E-state index contributed by atoms with van der Waals surface area (Å²) in [5.41, 5.74) is 1.08. The Labute approximate surface area is 122 Å². The Hall–Kier alpha value is -1.07. The van der Waals surface area contributed by atoms with Crippen LogP contribution >= 0.6 is 15.9 Å². The fourth-order valence-electron chi connectivity index (χ4n) is 1.74. The van der Waals surface area contributed by atoms with Gasteiger partial charge in [-0.25, -0.2) is 0 Å². The third kappa shape index (κ3) is 5.61. The molecule has 1 unspecified atom stereocenters. The van der Waals surface area contributed by atoms with E-state index < -0.39 is 0 Å². The molecule has 0 heterocycles. The number of methoxy groups -OCH3 is 1. The van der Waals surface area contributed by atoms with E-state index >= 15 is 0 Å². The van der Waals surface area contributed by atoms with Gasteiger partial charge in [0.05, 0.1) is 11.6 Å². The Morgan fingerprint density at radius 1 is 1.53 bits per heavy atom. The van der Waals surface area contributed by atoms with Crippen molar-refractivity contribution < 1.29 is 14.6 Å². The normalized spacial score (nSPS) is 12.0. The first kappa shape index (κ1) is 16.0. The molecule has 0 aliphatic carbocycles. The summed E-state index contributed by atoms with van der Waals surface area (Å²) in [4.78, 5) is 11.7. The second-order valence-electron chi connectivity index (χ2n) is 4.45. The molecular formula is C14H20BrNO3. The predicted molar refractivity (Wildman–Crippen MR) is 78.3 cm³/mol. The van der Waals surface area contributed by atoms with Crippen LogP contribution in [0.15, 0.2) is 22.7 Å². The van der Waals surface area contributed by atoms with E-state index in [-0.39, 0.29) is 18.6 Å². The Morgan fingerprint density at radius 2 is 2.26 bits per heavy atom. The monoisotopic (exact) mass is 329 g/mol. The third-order valence-electron chi connectivity index (χ3n) is 2.83. The topological polar surface area (TPSA) is 58.6 Å². The molecule has 0 fully saturated rings. The maximum Gasteiger partial charge on any atom is 0.220 e. The molecule has 1 rings (SSSR count). The Balaban J connectivity index is 2.44. The van der Waals surface area contributed by atoms with Crippen molar-refractivity contribution in [3.05, 3.63) is 28.2 Å². The van der Waals surface area contributed by atoms with Crippen molar-refractivity contribution >= 4 is 21.8 Å². The Bertz CT molecular complexity index is 423. The number of hydrogen-bond acceptors (Lipinski definition) is 3. The first-order chi connectivity index (χ1) is 9.06. The van der Waals surface area contributed by atoms with Gasteiger partial charge >= 0.3 is 0 Å². The quantitative estimate of drug-likeness (QED) is 0.806. The molecule has 0 spiro atoms. The summed E-state index contributed by atoms with van der Waals surface area (Å²) in [5, 5.41) is 11.6. The average molecular weight is 330 g/mol. The van der Waals surface area contributed by atoms with Crippen molar-refractivity contribution in [1.29, 1.82) is 0 Å². The molecule has 0 saturated heterocycles. The first-order valence-corrected chi connectivity index (χ1v) is 7.08. The van der Waals surface area contributed by atoms with Crippen LogP contribution < -0.4 is 10.1 Å². The van der Waals surface area contributed by atoms with Crippen molar-refractivity contribution in [1.82, 2.24) is 5.32 Å². The molecule has 2 N–H and O–H groups in total. The number of carbonyl (C=O) groups excluding carboxylic acids is 1. The second kappa shape index (κ2) is 8.17. The zero-order chi connectivity index (χ0) is 14.3. The molecule has 0 aliphatic rings. The maximum absolute atomic E-state index is 11.7. The van der Waals surface area contributed by atoms with Crippen molar-refractivity contribution in [2.75, 3.05) is 13.7 Å². The fourth-order valence-corrected chi connectivity index (χ4v) is 2.32. The molecule has 0 aromatic heterocycles. The third-order valence-corrected chi connectivity index (χ3v) is 3.45. The lowest BCUT2D eigenvalue weighted by molar-refractivity contribution is -0.121. The van der Waals surface area contributed by atoms with E-state index in [0.717, 1.165) is 15.8 Å². The van der Waals surface area contributed by atoms with Gasteiger partial charge in [-0.2, -0.15) is 0 Å². The molecule has 19 heavy (non-hydrogen) atoms. The molecule has 1 atom stereocenters. The van der Waals surface area contributed by atoms with Crippen LogP contribution in [0.2, 0.25) is 0 Å². The molecule has 0 radical (unpaired) electrons. The van der Waals surface area contributed by atoms with Crippen molar-refractivity contribution in [2.24, 2.45) is 0 Å². The van der Waals surface area contributed by atoms with Gasteiger partial charge in [-0.3, -0.25) is 4.79 Å². The smallest absolute Gasteiger partial charge is 0.220 e. The van der Waals surface area contributed by atoms with Gasteiger partial charge in [-0.05, 0) is 53.4 Å². The summed E-state index contributed by atoms with van der Waals surface area (Å²) in [6, 6.07) is 5.81. The largest absolute Gasteiger partial charge is 0.496 e. The van der Waals surface area contributed by atoms with E-state index in [1.165, 1.54) is 0 Å². The second-order valence-corrected chi connectivity index (χ2v) is 5.30. The zero-order valence-corrected chi connectivity index (χ0v) is 12.9. The minimum absolute atomic E-state index is 0.00731. The number of aliphatic hydroxyl groups excluding tert-OH is 1. The van der Waals surface area contributed by atoms with Crippen molar-refractivity contribution in [3.8, 4) is 5.75 Å². The first-order valence-electron chi connectivity index (χ1n) is 6.29. The maximum atomic E-state index is 11.7. The van der Waals surface area contributed by atoms with Crippen LogP contribution in [-0.4, -0.2) is 30.8 Å². The van der Waals surface area contributed by atoms with Gasteiger partial charge in [0.15, 0.2) is 0 Å². The summed E-state index contributed by atoms with van der Waals surface area (Å²) < 4.78 is 6.05. The Kier molecular flexibility index (Phi) is 6.87. The van der Waals surface area contributed by atoms with Gasteiger partial charge in [0.1, 0.15) is 5.75 Å². The highest BCUT2D eigenvalue weighted by Gasteiger charge is 2.08. The molecular weight excluding hydrogens is 310 g/mol. The van der Waals surface area contributed by atoms with Crippen LogP contribution in [0.5, 0.6) is 5.75 Å². The van der Waals surface area contributed by atoms with E-state index in [1.54, 1.807) is 7.11 Å². The number of hydrogen-bond donors (Lipinski definition) is 2. The predicted octanol–water partition coefficient (Wildman–Crippen LogP) is 2.28. The van der Waals surface area contributed by atoms with E-state index in [0.29, 0.717) is 19.3 Å².